The van der Waals surface area contributed by atoms with Crippen LogP contribution in [0.25, 0.3) is 0 Å². The lowest BCUT2D eigenvalue weighted by Gasteiger charge is -2.48. The molecule has 8 heteroatoms. The molecule has 0 radical (unpaired) electrons. The van der Waals surface area contributed by atoms with Crippen molar-refractivity contribution in [2.24, 2.45) is 0 Å². The zero-order valence-corrected chi connectivity index (χ0v) is 20.2. The Morgan fingerprint density at radius 3 is 2.03 bits per heavy atom. The van der Waals surface area contributed by atoms with Crippen LogP contribution in [-0.4, -0.2) is 71.8 Å². The van der Waals surface area contributed by atoms with Gasteiger partial charge in [-0.2, -0.15) is 0 Å². The van der Waals surface area contributed by atoms with Gasteiger partial charge < -0.3 is 14.5 Å². The smallest absolute Gasteiger partial charge is 0.302 e. The maximum Gasteiger partial charge on any atom is 0.302 e. The number of nitrogens with zero attached hydrogens (tertiary/aromatic N) is 3. The van der Waals surface area contributed by atoms with Gasteiger partial charge in [0.15, 0.2) is 0 Å². The molecule has 4 rings (SSSR count). The number of ether oxygens (including phenoxy) is 1. The quantitative estimate of drug-likeness (QED) is 0.429. The van der Waals surface area contributed by atoms with E-state index in [0.29, 0.717) is 56.6 Å². The molecule has 0 unspecified atom stereocenters. The number of likely N-dealkylation sites (tertiary alicyclic amines) is 1. The molecule has 1 saturated heterocycles. The fraction of sp³-hybridized carbons (Fsp3) is 0.407. The van der Waals surface area contributed by atoms with Crippen LogP contribution in [0.15, 0.2) is 54.6 Å². The van der Waals surface area contributed by atoms with Crippen molar-refractivity contribution in [1.29, 1.82) is 0 Å². The minimum absolute atomic E-state index is 0.0252. The average Bonchev–Trinajstić information content (AvgIpc) is 3.12. The summed E-state index contributed by atoms with van der Waals surface area (Å²) in [7, 11) is 0. The zero-order chi connectivity index (χ0) is 25.0. The van der Waals surface area contributed by atoms with E-state index in [4.69, 9.17) is 4.74 Å². The highest BCUT2D eigenvalue weighted by Gasteiger charge is 2.44. The van der Waals surface area contributed by atoms with E-state index in [1.54, 1.807) is 29.2 Å². The van der Waals surface area contributed by atoms with Crippen molar-refractivity contribution in [2.45, 2.75) is 38.6 Å². The van der Waals surface area contributed by atoms with Gasteiger partial charge in [0.05, 0.1) is 16.7 Å². The van der Waals surface area contributed by atoms with Gasteiger partial charge in [-0.25, -0.2) is 0 Å². The lowest BCUT2D eigenvalue weighted by Crippen LogP contribution is -2.61. The number of amides is 3. The number of piperidine rings is 1. The molecule has 0 aromatic heterocycles. The monoisotopic (exact) mass is 477 g/mol. The summed E-state index contributed by atoms with van der Waals surface area (Å²) in [4.78, 5) is 55.5. The normalized spacial score (nSPS) is 17.3. The molecule has 0 saturated carbocycles. The van der Waals surface area contributed by atoms with Crippen molar-refractivity contribution in [3.63, 3.8) is 0 Å². The average molecular weight is 478 g/mol. The van der Waals surface area contributed by atoms with E-state index in [-0.39, 0.29) is 30.3 Å². The first kappa shape index (κ1) is 24.6. The molecule has 0 spiro atoms. The first-order valence-corrected chi connectivity index (χ1v) is 12.1. The van der Waals surface area contributed by atoms with Crippen molar-refractivity contribution in [3.8, 4) is 0 Å². The Kier molecular flexibility index (Phi) is 7.31. The van der Waals surface area contributed by atoms with Crippen LogP contribution in [-0.2, 0) is 14.3 Å². The molecule has 0 N–H and O–H groups in total. The number of rotatable bonds is 8. The molecule has 2 aromatic carbocycles. The van der Waals surface area contributed by atoms with Gasteiger partial charge in [-0.1, -0.05) is 37.3 Å². The molecule has 0 aliphatic carbocycles. The number of anilines is 1. The number of para-hydroxylation sites is 1. The van der Waals surface area contributed by atoms with E-state index in [1.165, 1.54) is 11.8 Å². The third-order valence-electron chi connectivity index (χ3n) is 6.89. The van der Waals surface area contributed by atoms with Gasteiger partial charge >= 0.3 is 5.97 Å². The highest BCUT2D eigenvalue weighted by molar-refractivity contribution is 6.21. The van der Waals surface area contributed by atoms with Crippen LogP contribution < -0.4 is 4.90 Å². The predicted octanol–water partition coefficient (Wildman–Crippen LogP) is 3.12. The molecule has 1 fully saturated rings. The maximum atomic E-state index is 13.1. The standard InChI is InChI=1S/C27H31N3O5/c1-3-24(32)30(21-9-5-4-6-10-21)27(19-35-20(2)31)13-15-28(16-14-27)17-18-29-25(33)22-11-7-8-12-23(22)26(29)34/h4-12H,3,13-19H2,1-2H3. The van der Waals surface area contributed by atoms with Crippen LogP contribution in [0.5, 0.6) is 0 Å². The number of carbonyl (C=O) groups is 4. The summed E-state index contributed by atoms with van der Waals surface area (Å²) in [5.41, 5.74) is 1.03. The van der Waals surface area contributed by atoms with E-state index in [1.807, 2.05) is 37.3 Å². The molecule has 8 nitrogen and oxygen atoms in total. The third kappa shape index (κ3) is 4.98. The Morgan fingerprint density at radius 2 is 1.49 bits per heavy atom. The second kappa shape index (κ2) is 10.4. The van der Waals surface area contributed by atoms with Gasteiger partial charge in [0.25, 0.3) is 11.8 Å². The lowest BCUT2D eigenvalue weighted by atomic mass is 9.85. The molecule has 0 atom stereocenters. The summed E-state index contributed by atoms with van der Waals surface area (Å²) in [5.74, 6) is -0.913. The molecular formula is C27H31N3O5. The summed E-state index contributed by atoms with van der Waals surface area (Å²) >= 11 is 0. The number of esters is 1. The Labute approximate surface area is 205 Å². The van der Waals surface area contributed by atoms with Crippen molar-refractivity contribution in [1.82, 2.24) is 9.80 Å². The minimum atomic E-state index is -0.661. The minimum Gasteiger partial charge on any atom is -0.463 e. The van der Waals surface area contributed by atoms with E-state index < -0.39 is 5.54 Å². The van der Waals surface area contributed by atoms with Gasteiger partial charge in [0.1, 0.15) is 6.61 Å². The Morgan fingerprint density at radius 1 is 0.914 bits per heavy atom. The van der Waals surface area contributed by atoms with Crippen LogP contribution in [0, 0.1) is 0 Å². The first-order valence-electron chi connectivity index (χ1n) is 12.1. The van der Waals surface area contributed by atoms with Crippen LogP contribution in [0.3, 0.4) is 0 Å². The Hall–Kier alpha value is -3.52. The second-order valence-corrected chi connectivity index (χ2v) is 9.07. The first-order chi connectivity index (χ1) is 16.9. The summed E-state index contributed by atoms with van der Waals surface area (Å²) < 4.78 is 5.47. The summed E-state index contributed by atoms with van der Waals surface area (Å²) in [6.45, 7) is 5.46. The summed E-state index contributed by atoms with van der Waals surface area (Å²) in [6.07, 6.45) is 1.53. The number of imide groups is 1. The molecule has 2 aliphatic heterocycles. The lowest BCUT2D eigenvalue weighted by molar-refractivity contribution is -0.144. The van der Waals surface area contributed by atoms with Crippen LogP contribution in [0.2, 0.25) is 0 Å². The second-order valence-electron chi connectivity index (χ2n) is 9.07. The highest BCUT2D eigenvalue weighted by atomic mass is 16.5. The summed E-state index contributed by atoms with van der Waals surface area (Å²) in [5, 5.41) is 0. The van der Waals surface area contributed by atoms with Gasteiger partial charge in [-0.3, -0.25) is 24.1 Å². The Balaban J connectivity index is 1.47. The predicted molar refractivity (Wildman–Crippen MR) is 131 cm³/mol. The number of benzene rings is 2. The fourth-order valence-electron chi connectivity index (χ4n) is 4.96. The van der Waals surface area contributed by atoms with E-state index in [0.717, 1.165) is 5.69 Å². The highest BCUT2D eigenvalue weighted by Crippen LogP contribution is 2.35. The van der Waals surface area contributed by atoms with Gasteiger partial charge in [0.2, 0.25) is 5.91 Å². The van der Waals surface area contributed by atoms with Crippen molar-refractivity contribution in [3.05, 3.63) is 65.7 Å². The topological polar surface area (TPSA) is 87.2 Å². The fourth-order valence-corrected chi connectivity index (χ4v) is 4.96. The van der Waals surface area contributed by atoms with Crippen LogP contribution >= 0.6 is 0 Å². The molecule has 184 valence electrons. The van der Waals surface area contributed by atoms with Gasteiger partial charge in [0, 0.05) is 45.2 Å². The maximum absolute atomic E-state index is 13.1. The molecule has 3 amide bonds. The number of fused-ring (bicyclic) bond motifs is 1. The van der Waals surface area contributed by atoms with Crippen molar-refractivity contribution >= 4 is 29.4 Å². The van der Waals surface area contributed by atoms with Crippen molar-refractivity contribution < 1.29 is 23.9 Å². The van der Waals surface area contributed by atoms with E-state index in [2.05, 4.69) is 4.90 Å². The SMILES string of the molecule is CCC(=O)N(c1ccccc1)C1(COC(C)=O)CCN(CCN2C(=O)c3ccccc3C2=O)CC1. The van der Waals surface area contributed by atoms with Crippen LogP contribution in [0.4, 0.5) is 5.69 Å². The van der Waals surface area contributed by atoms with Crippen LogP contribution in [0.1, 0.15) is 53.8 Å². The molecule has 2 aromatic rings. The largest absolute Gasteiger partial charge is 0.463 e. The van der Waals surface area contributed by atoms with Gasteiger partial charge in [-0.05, 0) is 37.1 Å². The third-order valence-corrected chi connectivity index (χ3v) is 6.89. The molecule has 0 bridgehead atoms. The van der Waals surface area contributed by atoms with E-state index in [9.17, 15) is 19.2 Å². The summed E-state index contributed by atoms with van der Waals surface area (Å²) in [6, 6.07) is 16.4. The number of carbonyl (C=O) groups excluding carboxylic acids is 4. The Bertz CT molecular complexity index is 1070. The molecule has 2 heterocycles. The van der Waals surface area contributed by atoms with Gasteiger partial charge in [-0.15, -0.1) is 0 Å². The van der Waals surface area contributed by atoms with E-state index >= 15 is 0 Å². The molecule has 35 heavy (non-hydrogen) atoms. The van der Waals surface area contributed by atoms with Crippen molar-refractivity contribution in [2.75, 3.05) is 37.7 Å². The zero-order valence-electron chi connectivity index (χ0n) is 20.2. The number of hydrogen-bond acceptors (Lipinski definition) is 6. The number of hydrogen-bond donors (Lipinski definition) is 0. The molecule has 2 aliphatic rings. The molecular weight excluding hydrogens is 446 g/mol.